The molecule has 0 aromatic carbocycles. The van der Waals surface area contributed by atoms with Crippen molar-refractivity contribution in [2.75, 3.05) is 43.7 Å². The van der Waals surface area contributed by atoms with E-state index in [-0.39, 0.29) is 57.1 Å². The summed E-state index contributed by atoms with van der Waals surface area (Å²) in [5.74, 6) is -1.79. The lowest BCUT2D eigenvalue weighted by Gasteiger charge is -2.26. The molecule has 6 aromatic rings. The van der Waals surface area contributed by atoms with E-state index in [9.17, 15) is 57.9 Å². The number of hydrogen-bond donors (Lipinski definition) is 11. The SMILES string of the molecule is COC1C(OP(=O)(O)OC[C@H]2O[C@@H](n3cnc4c(=O)[nH]c(N)nc43)C(O)C2O)[C@@H](CP(=O)(O)OP(=O)(O)OP(=O)(O)OC[C@H]2O[C@@H](n3c[n+](C)c4c(O)nc(N)nc43)C(C)C2C)O[C@H]1n1cnc2c(N)ncnc21. The number of aryl methyl sites for hydroxylation is 1. The van der Waals surface area contributed by atoms with E-state index in [4.69, 9.17) is 49.7 Å². The number of aromatic amines is 1. The lowest BCUT2D eigenvalue weighted by atomic mass is 9.93. The molecule has 0 saturated carbocycles. The Labute approximate surface area is 413 Å². The number of aliphatic hydroxyl groups excluding tert-OH is 2. The molecular weight excluding hydrogens is 1080 g/mol. The molecule has 9 heterocycles. The van der Waals surface area contributed by atoms with E-state index in [0.29, 0.717) is 0 Å². The van der Waals surface area contributed by atoms with Gasteiger partial charge in [0.2, 0.25) is 24.5 Å². The predicted molar refractivity (Wildman–Crippen MR) is 243 cm³/mol. The highest BCUT2D eigenvalue weighted by molar-refractivity contribution is 7.68. The molecule has 74 heavy (non-hydrogen) atoms. The lowest BCUT2D eigenvalue weighted by molar-refractivity contribution is -0.646. The molecule has 3 fully saturated rings. The Morgan fingerprint density at radius 2 is 1.38 bits per heavy atom. The minimum absolute atomic E-state index is 0.00568. The van der Waals surface area contributed by atoms with Gasteiger partial charge in [-0.25, -0.2) is 42.5 Å². The molecular formula is C34H48N15O21P4+. The van der Waals surface area contributed by atoms with Crippen molar-refractivity contribution in [2.45, 2.75) is 75.3 Å². The van der Waals surface area contributed by atoms with Crippen molar-refractivity contribution in [1.29, 1.82) is 0 Å². The van der Waals surface area contributed by atoms with Crippen molar-refractivity contribution in [1.82, 2.24) is 53.6 Å². The summed E-state index contributed by atoms with van der Waals surface area (Å²) in [7, 11) is -20.1. The summed E-state index contributed by atoms with van der Waals surface area (Å²) in [6, 6.07) is 0. The molecule has 36 nitrogen and oxygen atoms in total. The van der Waals surface area contributed by atoms with Crippen molar-refractivity contribution in [3.63, 3.8) is 0 Å². The first kappa shape index (κ1) is 53.8. The molecule has 3 aliphatic heterocycles. The number of anilines is 3. The van der Waals surface area contributed by atoms with Gasteiger partial charge in [-0.2, -0.15) is 23.8 Å². The maximum atomic E-state index is 13.7. The van der Waals surface area contributed by atoms with E-state index in [0.717, 1.165) is 30.7 Å². The number of nitrogens with one attached hydrogen (secondary N) is 1. The third-order valence-electron chi connectivity index (χ3n) is 12.4. The molecule has 0 bridgehead atoms. The van der Waals surface area contributed by atoms with Gasteiger partial charge in [0, 0.05) is 13.0 Å². The second-order valence-corrected chi connectivity index (χ2v) is 23.7. The second kappa shape index (κ2) is 19.8. The number of rotatable bonds is 18. The van der Waals surface area contributed by atoms with E-state index < -0.39 is 129 Å². The molecule has 0 spiro atoms. The number of phosphoric acid groups is 3. The van der Waals surface area contributed by atoms with Crippen molar-refractivity contribution in [2.24, 2.45) is 18.9 Å². The molecule has 404 valence electrons. The number of aliphatic hydroxyl groups is 2. The minimum Gasteiger partial charge on any atom is -0.490 e. The summed E-state index contributed by atoms with van der Waals surface area (Å²) >= 11 is 0. The first-order valence-corrected chi connectivity index (χ1v) is 27.9. The van der Waals surface area contributed by atoms with Gasteiger partial charge in [0.15, 0.2) is 35.1 Å². The smallest absolute Gasteiger partial charge is 0.488 e. The fraction of sp³-hybridized carbons (Fsp3) is 0.559. The highest BCUT2D eigenvalue weighted by Crippen LogP contribution is 2.68. The van der Waals surface area contributed by atoms with Gasteiger partial charge >= 0.3 is 31.1 Å². The number of nitrogens with two attached hydrogens (primary N) is 3. The Morgan fingerprint density at radius 3 is 2.09 bits per heavy atom. The fourth-order valence-electron chi connectivity index (χ4n) is 8.81. The van der Waals surface area contributed by atoms with Crippen LogP contribution in [-0.4, -0.2) is 158 Å². The van der Waals surface area contributed by atoms with Crippen LogP contribution in [0.1, 0.15) is 32.5 Å². The van der Waals surface area contributed by atoms with Gasteiger partial charge in [-0.1, -0.05) is 13.8 Å². The number of phosphoric ester groups is 2. The largest absolute Gasteiger partial charge is 0.490 e. The molecule has 14 N–H and O–H groups in total. The normalized spacial score (nSPS) is 30.7. The van der Waals surface area contributed by atoms with Crippen LogP contribution in [0.15, 0.2) is 30.1 Å². The number of aromatic hydroxyl groups is 1. The van der Waals surface area contributed by atoms with Crippen molar-refractivity contribution < 1.29 is 98.9 Å². The van der Waals surface area contributed by atoms with Gasteiger partial charge < -0.3 is 71.0 Å². The van der Waals surface area contributed by atoms with Gasteiger partial charge in [-0.05, 0) is 5.92 Å². The van der Waals surface area contributed by atoms with Crippen LogP contribution in [0.4, 0.5) is 17.7 Å². The number of imidazole rings is 3. The van der Waals surface area contributed by atoms with Crippen LogP contribution in [0.5, 0.6) is 5.88 Å². The van der Waals surface area contributed by atoms with Crippen LogP contribution >= 0.6 is 31.1 Å². The molecule has 0 radical (unpaired) electrons. The summed E-state index contributed by atoms with van der Waals surface area (Å²) in [5, 5.41) is 32.1. The number of ether oxygens (including phenoxy) is 4. The van der Waals surface area contributed by atoms with Crippen LogP contribution in [0.3, 0.4) is 0 Å². The van der Waals surface area contributed by atoms with Crippen LogP contribution < -0.4 is 27.3 Å². The molecule has 3 saturated heterocycles. The van der Waals surface area contributed by atoms with Gasteiger partial charge in [0.25, 0.3) is 22.6 Å². The highest BCUT2D eigenvalue weighted by atomic mass is 31.3. The summed E-state index contributed by atoms with van der Waals surface area (Å²) < 4.78 is 107. The third kappa shape index (κ3) is 10.5. The first-order chi connectivity index (χ1) is 34.7. The van der Waals surface area contributed by atoms with Crippen LogP contribution in [-0.2, 0) is 66.4 Å². The Balaban J connectivity index is 0.886. The van der Waals surface area contributed by atoms with E-state index in [2.05, 4.69) is 48.5 Å². The minimum atomic E-state index is -6.08. The molecule has 10 unspecified atom stereocenters. The zero-order chi connectivity index (χ0) is 53.6. The first-order valence-electron chi connectivity index (χ1n) is 21.6. The number of nitrogens with zero attached hydrogens (tertiary/aromatic N) is 11. The number of nitrogen functional groups attached to an aromatic ring is 3. The average Bonchev–Trinajstić information content (AvgIpc) is 4.15. The topological polar surface area (TPSA) is 513 Å². The van der Waals surface area contributed by atoms with Gasteiger partial charge in [0.1, 0.15) is 48.5 Å². The zero-order valence-electron chi connectivity index (χ0n) is 38.6. The Hall–Kier alpha value is -5.03. The van der Waals surface area contributed by atoms with Crippen LogP contribution in [0, 0.1) is 11.8 Å². The molecule has 3 aliphatic rings. The van der Waals surface area contributed by atoms with Gasteiger partial charge in [-0.3, -0.25) is 37.0 Å². The summed E-state index contributed by atoms with van der Waals surface area (Å²) in [6.07, 6.45) is -12.0. The average molecular weight is 1130 g/mol. The number of methoxy groups -OCH3 is 1. The van der Waals surface area contributed by atoms with E-state index in [1.54, 1.807) is 31.8 Å². The Bertz CT molecular complexity index is 3380. The fourth-order valence-corrected chi connectivity index (χ4v) is 14.0. The quantitative estimate of drug-likeness (QED) is 0.0338. The number of fused-ring (bicyclic) bond motifs is 3. The van der Waals surface area contributed by atoms with Crippen LogP contribution in [0.25, 0.3) is 33.5 Å². The zero-order valence-corrected chi connectivity index (χ0v) is 42.2. The summed E-state index contributed by atoms with van der Waals surface area (Å²) in [4.78, 5) is 86.0. The molecule has 40 heteroatoms. The molecule has 6 aromatic heterocycles. The van der Waals surface area contributed by atoms with Crippen molar-refractivity contribution in [3.05, 3.63) is 35.7 Å². The van der Waals surface area contributed by atoms with Crippen molar-refractivity contribution in [3.8, 4) is 5.88 Å². The molecule has 16 atom stereocenters. The van der Waals surface area contributed by atoms with E-state index >= 15 is 0 Å². The van der Waals surface area contributed by atoms with Gasteiger partial charge in [-0.15, -0.1) is 0 Å². The summed E-state index contributed by atoms with van der Waals surface area (Å²) in [6.45, 7) is 1.79. The highest BCUT2D eigenvalue weighted by Gasteiger charge is 2.55. The van der Waals surface area contributed by atoms with Crippen molar-refractivity contribution >= 4 is 82.3 Å². The van der Waals surface area contributed by atoms with E-state index in [1.807, 2.05) is 0 Å². The number of aromatic nitrogens is 12. The maximum Gasteiger partial charge on any atom is 0.488 e. The number of H-pyrrole nitrogens is 1. The molecule has 0 amide bonds. The Kier molecular flexibility index (Phi) is 14.4. The summed E-state index contributed by atoms with van der Waals surface area (Å²) in [5.41, 5.74) is 16.8. The molecule has 9 rings (SSSR count). The second-order valence-electron chi connectivity index (χ2n) is 17.2. The molecule has 0 aliphatic carbocycles. The third-order valence-corrected chi connectivity index (χ3v) is 18.2. The monoisotopic (exact) mass is 1130 g/mol. The van der Waals surface area contributed by atoms with E-state index in [1.165, 1.54) is 9.13 Å². The maximum absolute atomic E-state index is 13.7. The predicted octanol–water partition coefficient (Wildman–Crippen LogP) is -1.68. The number of hydrogen-bond acceptors (Lipinski definition) is 27. The van der Waals surface area contributed by atoms with Crippen LogP contribution in [0.2, 0.25) is 0 Å². The van der Waals surface area contributed by atoms with Gasteiger partial charge in [0.05, 0.1) is 45.2 Å². The Morgan fingerprint density at radius 1 is 0.730 bits per heavy atom. The lowest BCUT2D eigenvalue weighted by Crippen LogP contribution is -2.37. The standard InChI is InChI=1S/C34H47N15O21P4/c1-12-13(2)30(49-11-46(3)19-27(49)43-34(37)45-29(19)53)65-14(12)5-64-73(58,59)70-74(60,61)69-71(54,55)7-16-22(23(62-4)32(67-16)47-9-40-17-24(35)38-8-39-25(17)47)68-72(56,57)63-6-15-20(50)21(51)31(66-15)48-10-41-18-26(48)42-33(36)44-28(18)52/h8-16,20-23,30-32,50-51H,5-7H2,1-4H3,(H11-,35,36,37,38,39,42,43,44,45,52,53,54,55,56,57,58,59,60,61)/p+1/t12?,13?,14-,15-,16-,20?,21?,22?,23?,30-,31-,32-/m1/s1.